The Hall–Kier alpha value is -1.43. The van der Waals surface area contributed by atoms with Gasteiger partial charge >= 0.3 is 0 Å². The Morgan fingerprint density at radius 2 is 1.87 bits per heavy atom. The minimum Gasteiger partial charge on any atom is -0.372 e. The second-order valence-corrected chi connectivity index (χ2v) is 7.34. The van der Waals surface area contributed by atoms with Crippen LogP contribution < -0.4 is 0 Å². The first kappa shape index (κ1) is 16.4. The molecule has 2 atom stereocenters. The van der Waals surface area contributed by atoms with Gasteiger partial charge in [-0.15, -0.1) is 11.3 Å². The minimum absolute atomic E-state index is 0.0437. The SMILES string of the molecule is Cc1nc(-c2ccc(Cl)cc2)sc1C(=O)N1C[C@@H](C)O[C@@H](C)C1. The number of morpholine rings is 1. The zero-order valence-corrected chi connectivity index (χ0v) is 14.9. The standard InChI is InChI=1S/C17H19ClN2O2S/c1-10-8-20(9-11(2)22-10)17(21)15-12(3)19-16(23-15)13-4-6-14(18)7-5-13/h4-7,10-11H,8-9H2,1-3H3/t10-,11+. The Kier molecular flexibility index (Phi) is 4.71. The summed E-state index contributed by atoms with van der Waals surface area (Å²) in [6.45, 7) is 7.12. The third kappa shape index (κ3) is 3.57. The molecule has 1 amide bonds. The summed E-state index contributed by atoms with van der Waals surface area (Å²) >= 11 is 7.36. The molecule has 23 heavy (non-hydrogen) atoms. The van der Waals surface area contributed by atoms with E-state index in [1.165, 1.54) is 11.3 Å². The Bertz CT molecular complexity index is 704. The van der Waals surface area contributed by atoms with E-state index in [9.17, 15) is 4.79 Å². The molecule has 6 heteroatoms. The summed E-state index contributed by atoms with van der Waals surface area (Å²) in [4.78, 5) is 20.0. The van der Waals surface area contributed by atoms with Crippen molar-refractivity contribution in [2.45, 2.75) is 33.0 Å². The molecule has 0 unspecified atom stereocenters. The van der Waals surface area contributed by atoms with E-state index in [4.69, 9.17) is 16.3 Å². The van der Waals surface area contributed by atoms with Crippen molar-refractivity contribution >= 4 is 28.8 Å². The number of hydrogen-bond donors (Lipinski definition) is 0. The summed E-state index contributed by atoms with van der Waals surface area (Å²) < 4.78 is 5.70. The molecule has 3 rings (SSSR count). The molecule has 0 radical (unpaired) electrons. The van der Waals surface area contributed by atoms with Crippen LogP contribution in [0.2, 0.25) is 5.02 Å². The molecule has 1 saturated heterocycles. The first-order valence-corrected chi connectivity index (χ1v) is 8.81. The second-order valence-electron chi connectivity index (χ2n) is 5.91. The molecule has 1 aromatic carbocycles. The van der Waals surface area contributed by atoms with Crippen molar-refractivity contribution in [1.29, 1.82) is 0 Å². The van der Waals surface area contributed by atoms with E-state index in [1.807, 2.05) is 49.9 Å². The first-order chi connectivity index (χ1) is 10.9. The van der Waals surface area contributed by atoms with E-state index >= 15 is 0 Å². The van der Waals surface area contributed by atoms with Crippen LogP contribution in [-0.2, 0) is 4.74 Å². The number of thiazole rings is 1. The van der Waals surface area contributed by atoms with Gasteiger partial charge in [0.1, 0.15) is 9.88 Å². The Morgan fingerprint density at radius 3 is 2.48 bits per heavy atom. The quantitative estimate of drug-likeness (QED) is 0.821. The molecule has 1 aliphatic heterocycles. The molecule has 0 N–H and O–H groups in total. The number of amides is 1. The predicted molar refractivity (Wildman–Crippen MR) is 93.2 cm³/mol. The average molecular weight is 351 g/mol. The highest BCUT2D eigenvalue weighted by atomic mass is 35.5. The van der Waals surface area contributed by atoms with Crippen molar-refractivity contribution in [3.8, 4) is 10.6 Å². The third-order valence-corrected chi connectivity index (χ3v) is 5.24. The Balaban J connectivity index is 1.85. The average Bonchev–Trinajstić information content (AvgIpc) is 2.88. The molecule has 1 aliphatic rings. The summed E-state index contributed by atoms with van der Waals surface area (Å²) in [5.41, 5.74) is 1.75. The van der Waals surface area contributed by atoms with E-state index in [0.29, 0.717) is 23.0 Å². The van der Waals surface area contributed by atoms with Crippen LogP contribution >= 0.6 is 22.9 Å². The molecule has 4 nitrogen and oxygen atoms in total. The van der Waals surface area contributed by atoms with Gasteiger partial charge in [-0.25, -0.2) is 4.98 Å². The summed E-state index contributed by atoms with van der Waals surface area (Å²) in [6, 6.07) is 7.52. The van der Waals surface area contributed by atoms with Gasteiger partial charge in [0.15, 0.2) is 0 Å². The zero-order valence-electron chi connectivity index (χ0n) is 13.4. The topological polar surface area (TPSA) is 42.4 Å². The first-order valence-electron chi connectivity index (χ1n) is 7.62. The van der Waals surface area contributed by atoms with E-state index in [-0.39, 0.29) is 18.1 Å². The maximum atomic E-state index is 12.8. The van der Waals surface area contributed by atoms with Gasteiger partial charge in [-0.05, 0) is 32.9 Å². The lowest BCUT2D eigenvalue weighted by molar-refractivity contribution is -0.0585. The summed E-state index contributed by atoms with van der Waals surface area (Å²) in [5.74, 6) is 0.0437. The molecule has 2 heterocycles. The molecule has 2 aromatic rings. The van der Waals surface area contributed by atoms with Crippen LogP contribution in [0.25, 0.3) is 10.6 Å². The lowest BCUT2D eigenvalue weighted by Gasteiger charge is -2.35. The van der Waals surface area contributed by atoms with Crippen molar-refractivity contribution in [2.24, 2.45) is 0 Å². The van der Waals surface area contributed by atoms with Crippen LogP contribution in [0, 0.1) is 6.92 Å². The van der Waals surface area contributed by atoms with Gasteiger partial charge in [-0.3, -0.25) is 4.79 Å². The van der Waals surface area contributed by atoms with Crippen LogP contribution in [0.5, 0.6) is 0 Å². The monoisotopic (exact) mass is 350 g/mol. The fourth-order valence-corrected chi connectivity index (χ4v) is 3.96. The number of carbonyl (C=O) groups is 1. The van der Waals surface area contributed by atoms with Crippen LogP contribution in [0.3, 0.4) is 0 Å². The van der Waals surface area contributed by atoms with E-state index < -0.39 is 0 Å². The van der Waals surface area contributed by atoms with Crippen molar-refractivity contribution in [3.05, 3.63) is 39.9 Å². The number of nitrogens with zero attached hydrogens (tertiary/aromatic N) is 2. The number of rotatable bonds is 2. The molecular weight excluding hydrogens is 332 g/mol. The van der Waals surface area contributed by atoms with E-state index in [0.717, 1.165) is 16.3 Å². The number of benzene rings is 1. The molecule has 0 aliphatic carbocycles. The number of aromatic nitrogens is 1. The highest BCUT2D eigenvalue weighted by molar-refractivity contribution is 7.17. The summed E-state index contributed by atoms with van der Waals surface area (Å²) in [6.07, 6.45) is 0.123. The van der Waals surface area contributed by atoms with Gasteiger partial charge in [-0.1, -0.05) is 23.7 Å². The van der Waals surface area contributed by atoms with Crippen LogP contribution in [-0.4, -0.2) is 41.1 Å². The molecule has 1 fully saturated rings. The molecular formula is C17H19ClN2O2S. The van der Waals surface area contributed by atoms with Gasteiger partial charge in [0.2, 0.25) is 0 Å². The van der Waals surface area contributed by atoms with Crippen LogP contribution in [0.15, 0.2) is 24.3 Å². The van der Waals surface area contributed by atoms with Crippen molar-refractivity contribution < 1.29 is 9.53 Å². The third-order valence-electron chi connectivity index (χ3n) is 3.79. The van der Waals surface area contributed by atoms with E-state index in [2.05, 4.69) is 4.98 Å². The van der Waals surface area contributed by atoms with Crippen molar-refractivity contribution in [3.63, 3.8) is 0 Å². The zero-order chi connectivity index (χ0) is 16.6. The van der Waals surface area contributed by atoms with Gasteiger partial charge in [0, 0.05) is 23.7 Å². The van der Waals surface area contributed by atoms with E-state index in [1.54, 1.807) is 0 Å². The number of hydrogen-bond acceptors (Lipinski definition) is 4. The number of halogens is 1. The maximum Gasteiger partial charge on any atom is 0.266 e. The highest BCUT2D eigenvalue weighted by Gasteiger charge is 2.29. The fraction of sp³-hybridized carbons (Fsp3) is 0.412. The molecule has 0 saturated carbocycles. The van der Waals surface area contributed by atoms with Crippen LogP contribution in [0.1, 0.15) is 29.2 Å². The largest absolute Gasteiger partial charge is 0.372 e. The van der Waals surface area contributed by atoms with Gasteiger partial charge in [0.05, 0.1) is 17.9 Å². The van der Waals surface area contributed by atoms with Crippen molar-refractivity contribution in [1.82, 2.24) is 9.88 Å². The van der Waals surface area contributed by atoms with Crippen molar-refractivity contribution in [2.75, 3.05) is 13.1 Å². The van der Waals surface area contributed by atoms with Gasteiger partial charge < -0.3 is 9.64 Å². The fourth-order valence-electron chi connectivity index (χ4n) is 2.80. The minimum atomic E-state index is 0.0437. The summed E-state index contributed by atoms with van der Waals surface area (Å²) in [5, 5.41) is 1.53. The molecule has 0 spiro atoms. The normalized spacial score (nSPS) is 21.5. The lowest BCUT2D eigenvalue weighted by Crippen LogP contribution is -2.48. The Labute approximate surface area is 145 Å². The number of aryl methyl sites for hydroxylation is 1. The van der Waals surface area contributed by atoms with Gasteiger partial charge in [0.25, 0.3) is 5.91 Å². The van der Waals surface area contributed by atoms with Gasteiger partial charge in [-0.2, -0.15) is 0 Å². The molecule has 0 bridgehead atoms. The molecule has 1 aromatic heterocycles. The molecule has 122 valence electrons. The predicted octanol–water partition coefficient (Wildman–Crippen LogP) is 4.02. The smallest absolute Gasteiger partial charge is 0.266 e. The lowest BCUT2D eigenvalue weighted by atomic mass is 10.2. The maximum absolute atomic E-state index is 12.8. The summed E-state index contributed by atoms with van der Waals surface area (Å²) in [7, 11) is 0. The number of carbonyl (C=O) groups excluding carboxylic acids is 1. The van der Waals surface area contributed by atoms with Crippen LogP contribution in [0.4, 0.5) is 0 Å². The highest BCUT2D eigenvalue weighted by Crippen LogP contribution is 2.30. The number of ether oxygens (including phenoxy) is 1. The Morgan fingerprint density at radius 1 is 1.26 bits per heavy atom. The second kappa shape index (κ2) is 6.59.